The Bertz CT molecular complexity index is 762. The summed E-state index contributed by atoms with van der Waals surface area (Å²) in [5.41, 5.74) is 9.01. The van der Waals surface area contributed by atoms with Crippen LogP contribution >= 0.6 is 0 Å². The molecule has 0 bridgehead atoms. The fourth-order valence-corrected chi connectivity index (χ4v) is 2.74. The number of carbonyl (C=O) groups excluding carboxylic acids is 2. The first kappa shape index (κ1) is 19.7. The van der Waals surface area contributed by atoms with Gasteiger partial charge in [0, 0.05) is 17.3 Å². The van der Waals surface area contributed by atoms with Crippen LogP contribution in [-0.4, -0.2) is 24.4 Å². The number of hydrogen-bond donors (Lipinski definition) is 3. The van der Waals surface area contributed by atoms with Crippen LogP contribution in [0.5, 0.6) is 0 Å². The van der Waals surface area contributed by atoms with Crippen LogP contribution in [0.1, 0.15) is 47.8 Å². The molecule has 1 atom stereocenters. The summed E-state index contributed by atoms with van der Waals surface area (Å²) < 4.78 is 0. The van der Waals surface area contributed by atoms with Gasteiger partial charge < -0.3 is 16.4 Å². The minimum Gasteiger partial charge on any atom is -0.349 e. The molecule has 0 aliphatic heterocycles. The van der Waals surface area contributed by atoms with Gasteiger partial charge in [-0.25, -0.2) is 0 Å². The normalized spacial score (nSPS) is 15.0. The van der Waals surface area contributed by atoms with E-state index in [-0.39, 0.29) is 23.6 Å². The van der Waals surface area contributed by atoms with Gasteiger partial charge in [-0.15, -0.1) is 0 Å². The first-order chi connectivity index (χ1) is 12.4. The van der Waals surface area contributed by atoms with E-state index in [1.54, 1.807) is 24.3 Å². The lowest BCUT2D eigenvalue weighted by molar-refractivity contribution is -0.118. The molecule has 0 fully saturated rings. The van der Waals surface area contributed by atoms with Gasteiger partial charge in [0.05, 0.1) is 11.3 Å². The van der Waals surface area contributed by atoms with E-state index < -0.39 is 0 Å². The molecule has 0 radical (unpaired) electrons. The Balaban J connectivity index is -0.00000182. The van der Waals surface area contributed by atoms with Gasteiger partial charge in [0.2, 0.25) is 0 Å². The molecule has 2 rings (SSSR count). The van der Waals surface area contributed by atoms with Gasteiger partial charge >= 0.3 is 0 Å². The Hall–Kier alpha value is -2.66. The highest BCUT2D eigenvalue weighted by atomic mass is 16.2. The Kier molecular flexibility index (Phi) is 6.92. The molecule has 5 nitrogen and oxygen atoms in total. The van der Waals surface area contributed by atoms with Crippen LogP contribution < -0.4 is 16.4 Å². The molecule has 146 valence electrons. The summed E-state index contributed by atoms with van der Waals surface area (Å²) in [4.78, 5) is 25.2. The van der Waals surface area contributed by atoms with E-state index in [0.29, 0.717) is 29.8 Å². The molecule has 1 aliphatic rings. The van der Waals surface area contributed by atoms with Crippen molar-refractivity contribution in [1.29, 1.82) is 0 Å². The molecule has 0 saturated carbocycles. The first-order valence-electron chi connectivity index (χ1n) is 8.93. The summed E-state index contributed by atoms with van der Waals surface area (Å²) in [5, 5.41) is 5.84. The maximum absolute atomic E-state index is 12.7. The average Bonchev–Trinajstić information content (AvgIpc) is 2.61. The number of rotatable bonds is 7. The van der Waals surface area contributed by atoms with Crippen LogP contribution in [0.4, 0.5) is 0 Å². The van der Waals surface area contributed by atoms with E-state index in [9.17, 15) is 9.59 Å². The zero-order valence-corrected chi connectivity index (χ0v) is 15.5. The third-order valence-electron chi connectivity index (χ3n) is 4.36. The highest BCUT2D eigenvalue weighted by Gasteiger charge is 2.22. The summed E-state index contributed by atoms with van der Waals surface area (Å²) >= 11 is 0. The maximum atomic E-state index is 12.7. The molecular formula is C21H35N3O2. The van der Waals surface area contributed by atoms with Crippen LogP contribution in [0, 0.1) is 6.92 Å². The lowest BCUT2D eigenvalue weighted by atomic mass is 9.98. The molecule has 2 amide bonds. The summed E-state index contributed by atoms with van der Waals surface area (Å²) in [5.74, 6) is -0.452. The van der Waals surface area contributed by atoms with Gasteiger partial charge in [-0.05, 0) is 56.5 Å². The van der Waals surface area contributed by atoms with Gasteiger partial charge in [0.15, 0.2) is 0 Å². The second-order valence-electron chi connectivity index (χ2n) is 6.51. The quantitative estimate of drug-likeness (QED) is 0.692. The van der Waals surface area contributed by atoms with Crippen LogP contribution in [-0.2, 0) is 4.79 Å². The Labute approximate surface area is 161 Å². The van der Waals surface area contributed by atoms with Crippen LogP contribution in [0.3, 0.4) is 0 Å². The van der Waals surface area contributed by atoms with Crippen molar-refractivity contribution in [2.75, 3.05) is 6.54 Å². The number of allylic oxidation sites excluding steroid dienone is 3. The largest absolute Gasteiger partial charge is 0.349 e. The standard InChI is InChI=1S/C21H27N3O2.4H2/c1-4-17(11-12-22)23-21(26)18-10-7-15(3)13-19(18)24-20(25)16-8-5-14(2)6-9-16;;;;/h5-6,8-10,13,17H,3-4,7,11-12,22H2,1-2H3,(H,23,26)(H,24,25);4*1H. The van der Waals surface area contributed by atoms with E-state index in [1.165, 1.54) is 0 Å². The first-order valence-corrected chi connectivity index (χ1v) is 8.93. The SMILES string of the molecule is C=C1C=C(NC(=O)c2ccc(C)cc2)C(C(=O)NC(CC)CCN)=CC1.[HH].[HH].[HH].[HH]. The molecule has 5 heteroatoms. The second kappa shape index (κ2) is 9.15. The molecular weight excluding hydrogens is 326 g/mol. The predicted octanol–water partition coefficient (Wildman–Crippen LogP) is 3.72. The molecule has 26 heavy (non-hydrogen) atoms. The fourth-order valence-electron chi connectivity index (χ4n) is 2.74. The van der Waals surface area contributed by atoms with Crippen LogP contribution in [0.25, 0.3) is 0 Å². The third-order valence-corrected chi connectivity index (χ3v) is 4.36. The lowest BCUT2D eigenvalue weighted by Crippen LogP contribution is -2.39. The van der Waals surface area contributed by atoms with Crippen molar-refractivity contribution < 1.29 is 15.3 Å². The Morgan fingerprint density at radius 2 is 1.96 bits per heavy atom. The third kappa shape index (κ3) is 5.17. The molecule has 0 heterocycles. The maximum Gasteiger partial charge on any atom is 0.255 e. The van der Waals surface area contributed by atoms with Crippen molar-refractivity contribution >= 4 is 11.8 Å². The molecule has 1 aromatic rings. The van der Waals surface area contributed by atoms with Crippen molar-refractivity contribution in [1.82, 2.24) is 10.6 Å². The summed E-state index contributed by atoms with van der Waals surface area (Å²) in [6, 6.07) is 7.31. The predicted molar refractivity (Wildman–Crippen MR) is 113 cm³/mol. The van der Waals surface area contributed by atoms with E-state index in [2.05, 4.69) is 17.2 Å². The van der Waals surface area contributed by atoms with Gasteiger partial charge in [0.25, 0.3) is 11.8 Å². The number of amides is 2. The van der Waals surface area contributed by atoms with E-state index in [0.717, 1.165) is 24.0 Å². The zero-order valence-electron chi connectivity index (χ0n) is 15.5. The van der Waals surface area contributed by atoms with Gasteiger partial charge in [-0.3, -0.25) is 9.59 Å². The van der Waals surface area contributed by atoms with E-state index >= 15 is 0 Å². The minimum absolute atomic E-state index is 0. The lowest BCUT2D eigenvalue weighted by Gasteiger charge is -2.21. The molecule has 0 spiro atoms. The highest BCUT2D eigenvalue weighted by molar-refractivity contribution is 6.02. The minimum atomic E-state index is -0.251. The summed E-state index contributed by atoms with van der Waals surface area (Å²) in [7, 11) is 0. The Morgan fingerprint density at radius 1 is 1.27 bits per heavy atom. The molecule has 1 aliphatic carbocycles. The average molecular weight is 362 g/mol. The van der Waals surface area contributed by atoms with Crippen molar-refractivity contribution in [2.24, 2.45) is 5.73 Å². The molecule has 0 saturated heterocycles. The Morgan fingerprint density at radius 3 is 2.58 bits per heavy atom. The van der Waals surface area contributed by atoms with E-state index in [4.69, 9.17) is 5.73 Å². The molecule has 4 N–H and O–H groups in total. The monoisotopic (exact) mass is 361 g/mol. The number of nitrogens with one attached hydrogen (secondary N) is 2. The van der Waals surface area contributed by atoms with Crippen LogP contribution in [0.2, 0.25) is 0 Å². The van der Waals surface area contributed by atoms with E-state index in [1.807, 2.05) is 26.0 Å². The molecule has 0 aromatic heterocycles. The summed E-state index contributed by atoms with van der Waals surface area (Å²) in [6.07, 6.45) is 5.66. The second-order valence-corrected chi connectivity index (χ2v) is 6.51. The zero-order chi connectivity index (χ0) is 19.1. The van der Waals surface area contributed by atoms with Gasteiger partial charge in [0.1, 0.15) is 0 Å². The number of benzene rings is 1. The van der Waals surface area contributed by atoms with Crippen molar-refractivity contribution in [3.8, 4) is 0 Å². The van der Waals surface area contributed by atoms with Gasteiger partial charge in [-0.1, -0.05) is 37.3 Å². The fraction of sp³-hybridized carbons (Fsp3) is 0.333. The number of nitrogens with two attached hydrogens (primary N) is 1. The van der Waals surface area contributed by atoms with Crippen molar-refractivity contribution in [2.45, 2.75) is 39.2 Å². The van der Waals surface area contributed by atoms with Crippen LogP contribution in [0.15, 0.2) is 59.8 Å². The van der Waals surface area contributed by atoms with Gasteiger partial charge in [-0.2, -0.15) is 0 Å². The van der Waals surface area contributed by atoms with Crippen molar-refractivity contribution in [3.63, 3.8) is 0 Å². The smallest absolute Gasteiger partial charge is 0.255 e. The topological polar surface area (TPSA) is 84.2 Å². The molecule has 1 aromatic carbocycles. The highest BCUT2D eigenvalue weighted by Crippen LogP contribution is 2.21. The van der Waals surface area contributed by atoms with Crippen molar-refractivity contribution in [3.05, 3.63) is 71.0 Å². The number of aryl methyl sites for hydroxylation is 1. The number of carbonyl (C=O) groups is 2. The molecule has 1 unspecified atom stereocenters. The summed E-state index contributed by atoms with van der Waals surface area (Å²) in [6.45, 7) is 8.42. The number of hydrogen-bond acceptors (Lipinski definition) is 3.